The van der Waals surface area contributed by atoms with Gasteiger partial charge in [-0.3, -0.25) is 0 Å². The van der Waals surface area contributed by atoms with Gasteiger partial charge in [-0.15, -0.1) is 46.4 Å². The molecule has 6 heteroatoms. The quantitative estimate of drug-likeness (QED) is 0.517. The molecule has 0 fully saturated rings. The molecule has 0 bridgehead atoms. The van der Waals surface area contributed by atoms with E-state index < -0.39 is 17.6 Å². The Balaban J connectivity index is 3.45. The molecular formula is C7H16Cl4Si2. The molecule has 0 aromatic heterocycles. The number of halogens is 4. The lowest BCUT2D eigenvalue weighted by molar-refractivity contribution is 1.03. The van der Waals surface area contributed by atoms with Crippen LogP contribution in [0.3, 0.4) is 0 Å². The molecule has 0 N–H and O–H groups in total. The summed E-state index contributed by atoms with van der Waals surface area (Å²) < 4.78 is -0.223. The van der Waals surface area contributed by atoms with E-state index in [1.807, 2.05) is 0 Å². The molecule has 0 saturated carbocycles. The fourth-order valence-corrected chi connectivity index (χ4v) is 5.26. The summed E-state index contributed by atoms with van der Waals surface area (Å²) in [5, 5.41) is 0. The fraction of sp³-hybridized carbons (Fsp3) is 1.00. The molecule has 2 unspecified atom stereocenters. The van der Waals surface area contributed by atoms with Crippen LogP contribution >= 0.6 is 46.4 Å². The number of alkyl halides is 4. The second-order valence-electron chi connectivity index (χ2n) is 3.55. The monoisotopic (exact) mass is 296 g/mol. The lowest BCUT2D eigenvalue weighted by Gasteiger charge is -2.13. The number of rotatable bonds is 6. The third-order valence-electron chi connectivity index (χ3n) is 2.18. The van der Waals surface area contributed by atoms with Crippen molar-refractivity contribution in [2.24, 2.45) is 0 Å². The molecule has 0 nitrogen and oxygen atoms in total. The molecule has 0 aliphatic carbocycles. The Morgan fingerprint density at radius 2 is 1.15 bits per heavy atom. The molecule has 0 radical (unpaired) electrons. The van der Waals surface area contributed by atoms with E-state index in [1.54, 1.807) is 0 Å². The maximum atomic E-state index is 5.79. The van der Waals surface area contributed by atoms with Gasteiger partial charge in [0.25, 0.3) is 0 Å². The van der Waals surface area contributed by atoms with Gasteiger partial charge in [-0.25, -0.2) is 0 Å². The van der Waals surface area contributed by atoms with Crippen LogP contribution in [0.4, 0.5) is 0 Å². The minimum absolute atomic E-state index is 0.111. The molecule has 0 aromatic carbocycles. The van der Waals surface area contributed by atoms with Gasteiger partial charge in [0.15, 0.2) is 0 Å². The summed E-state index contributed by atoms with van der Waals surface area (Å²) in [6, 6.07) is 2.41. The van der Waals surface area contributed by atoms with Gasteiger partial charge in [-0.1, -0.05) is 31.6 Å². The highest BCUT2D eigenvalue weighted by Crippen LogP contribution is 2.17. The zero-order valence-corrected chi connectivity index (χ0v) is 13.3. The molecule has 0 amide bonds. The van der Waals surface area contributed by atoms with Crippen molar-refractivity contribution in [1.82, 2.24) is 0 Å². The first-order valence-corrected chi connectivity index (χ1v) is 11.5. The van der Waals surface area contributed by atoms with Crippen LogP contribution in [-0.4, -0.2) is 26.5 Å². The highest BCUT2D eigenvalue weighted by Gasteiger charge is 2.16. The Bertz CT molecular complexity index is 118. The first-order chi connectivity index (χ1) is 5.95. The Kier molecular flexibility index (Phi) is 8.79. The zero-order valence-electron chi connectivity index (χ0n) is 7.94. The van der Waals surface area contributed by atoms with Gasteiger partial charge in [-0.2, -0.15) is 0 Å². The number of hydrogen-bond acceptors (Lipinski definition) is 0. The highest BCUT2D eigenvalue weighted by atomic mass is 35.5. The first-order valence-electron chi connectivity index (χ1n) is 4.51. The van der Waals surface area contributed by atoms with Gasteiger partial charge >= 0.3 is 0 Å². The third kappa shape index (κ3) is 7.51. The minimum Gasteiger partial charge on any atom is -0.110 e. The zero-order chi connectivity index (χ0) is 10.4. The van der Waals surface area contributed by atoms with Crippen LogP contribution in [0.5, 0.6) is 0 Å². The van der Waals surface area contributed by atoms with Crippen LogP contribution in [-0.2, 0) is 0 Å². The second kappa shape index (κ2) is 7.83. The van der Waals surface area contributed by atoms with E-state index in [4.69, 9.17) is 46.4 Å². The van der Waals surface area contributed by atoms with Crippen LogP contribution < -0.4 is 0 Å². The highest BCUT2D eigenvalue weighted by molar-refractivity contribution is 6.80. The van der Waals surface area contributed by atoms with E-state index in [0.29, 0.717) is 0 Å². The van der Waals surface area contributed by atoms with Crippen molar-refractivity contribution in [3.8, 4) is 0 Å². The van der Waals surface area contributed by atoms with Crippen molar-refractivity contribution < 1.29 is 0 Å². The summed E-state index contributed by atoms with van der Waals surface area (Å²) in [5.74, 6) is 0. The SMILES string of the molecule is C[SiH](CCC[SiH](C)C(Cl)Cl)C(Cl)Cl. The first kappa shape index (κ1) is 14.6. The standard InChI is InChI=1S/C7H16Cl4Si2/c1-12(6(8)9)4-3-5-13(2)7(10)11/h6-7,12-13H,3-5H2,1-2H3. The van der Waals surface area contributed by atoms with E-state index >= 15 is 0 Å². The van der Waals surface area contributed by atoms with Crippen molar-refractivity contribution in [3.05, 3.63) is 0 Å². The molecule has 0 aromatic rings. The Morgan fingerprint density at radius 3 is 1.38 bits per heavy atom. The average molecular weight is 298 g/mol. The molecule has 0 spiro atoms. The lowest BCUT2D eigenvalue weighted by Crippen LogP contribution is -2.20. The summed E-state index contributed by atoms with van der Waals surface area (Å²) in [7, 11) is -1.80. The van der Waals surface area contributed by atoms with Crippen LogP contribution in [0, 0.1) is 0 Å². The van der Waals surface area contributed by atoms with Gasteiger partial charge in [0.1, 0.15) is 0 Å². The van der Waals surface area contributed by atoms with Gasteiger partial charge < -0.3 is 0 Å². The largest absolute Gasteiger partial charge is 0.110 e. The predicted octanol–water partition coefficient (Wildman–Crippen LogP) is 3.78. The van der Waals surface area contributed by atoms with Crippen LogP contribution in [0.1, 0.15) is 6.42 Å². The summed E-state index contributed by atoms with van der Waals surface area (Å²) in [4.78, 5) is 0. The molecule has 0 aliphatic rings. The maximum Gasteiger partial charge on any atom is 0.0939 e. The van der Waals surface area contributed by atoms with E-state index in [0.717, 1.165) is 0 Å². The Hall–Kier alpha value is 1.59. The Morgan fingerprint density at radius 1 is 0.846 bits per heavy atom. The predicted molar refractivity (Wildman–Crippen MR) is 71.2 cm³/mol. The van der Waals surface area contributed by atoms with Gasteiger partial charge in [0.2, 0.25) is 0 Å². The van der Waals surface area contributed by atoms with Gasteiger partial charge in [-0.05, 0) is 0 Å². The topological polar surface area (TPSA) is 0 Å². The average Bonchev–Trinajstić information content (AvgIpc) is 2.03. The second-order valence-corrected chi connectivity index (χ2v) is 14.0. The molecule has 0 heterocycles. The summed E-state index contributed by atoms with van der Waals surface area (Å²) >= 11 is 23.2. The number of hydrogen-bond donors (Lipinski definition) is 0. The van der Waals surface area contributed by atoms with Crippen molar-refractivity contribution in [2.75, 3.05) is 0 Å². The summed E-state index contributed by atoms with van der Waals surface area (Å²) in [6.45, 7) is 4.41. The van der Waals surface area contributed by atoms with Crippen LogP contribution in [0.25, 0.3) is 0 Å². The van der Waals surface area contributed by atoms with Crippen molar-refractivity contribution >= 4 is 64.0 Å². The van der Waals surface area contributed by atoms with Crippen molar-refractivity contribution in [2.45, 2.75) is 40.5 Å². The van der Waals surface area contributed by atoms with E-state index in [9.17, 15) is 0 Å². The van der Waals surface area contributed by atoms with Crippen LogP contribution in [0.2, 0.25) is 25.2 Å². The summed E-state index contributed by atoms with van der Waals surface area (Å²) in [6.07, 6.45) is 1.20. The molecule has 0 rings (SSSR count). The van der Waals surface area contributed by atoms with Crippen LogP contribution in [0.15, 0.2) is 0 Å². The molecule has 13 heavy (non-hydrogen) atoms. The van der Waals surface area contributed by atoms with Crippen molar-refractivity contribution in [1.29, 1.82) is 0 Å². The van der Waals surface area contributed by atoms with E-state index in [1.165, 1.54) is 18.5 Å². The van der Waals surface area contributed by atoms with Gasteiger partial charge in [0.05, 0.1) is 26.5 Å². The third-order valence-corrected chi connectivity index (χ3v) is 11.7. The fourth-order valence-electron chi connectivity index (χ4n) is 1.01. The summed E-state index contributed by atoms with van der Waals surface area (Å²) in [5.41, 5.74) is 0. The molecule has 0 aliphatic heterocycles. The van der Waals surface area contributed by atoms with Crippen molar-refractivity contribution in [3.63, 3.8) is 0 Å². The normalized spacial score (nSPS) is 16.6. The smallest absolute Gasteiger partial charge is 0.0939 e. The molecule has 0 saturated heterocycles. The van der Waals surface area contributed by atoms with E-state index in [-0.39, 0.29) is 8.92 Å². The lowest BCUT2D eigenvalue weighted by atomic mass is 10.6. The molecular weight excluding hydrogens is 282 g/mol. The molecule has 2 atom stereocenters. The Labute approximate surface area is 104 Å². The maximum absolute atomic E-state index is 5.79. The molecule has 80 valence electrons. The van der Waals surface area contributed by atoms with Gasteiger partial charge in [0, 0.05) is 0 Å². The minimum atomic E-state index is -0.899. The van der Waals surface area contributed by atoms with E-state index in [2.05, 4.69) is 13.1 Å².